The van der Waals surface area contributed by atoms with Gasteiger partial charge in [-0.3, -0.25) is 0 Å². The lowest BCUT2D eigenvalue weighted by Crippen LogP contribution is -2.03. The summed E-state index contributed by atoms with van der Waals surface area (Å²) in [6.45, 7) is 6.24. The van der Waals surface area contributed by atoms with Gasteiger partial charge in [-0.05, 0) is 86.0 Å². The van der Waals surface area contributed by atoms with Crippen LogP contribution in [0, 0.1) is 20.8 Å². The van der Waals surface area contributed by atoms with Gasteiger partial charge in [-0.1, -0.05) is 84.1 Å². The molecule has 3 heterocycles. The minimum Gasteiger partial charge on any atom is -0.507 e. The standard InChI is InChI=1S/C41H30N4O2S/c1-24-19-25(2)37(26(3)20-24)41-44-39(43-40(45-41)33-12-4-6-15-34(33)46)28-21-27(22-29(23-28)48-36-17-8-9-18-42-36)30-13-10-14-32-31-11-5-7-16-35(31)47-38(30)32/h4-23,46H,1-3H3. The van der Waals surface area contributed by atoms with Gasteiger partial charge < -0.3 is 9.52 Å². The molecule has 0 aliphatic heterocycles. The molecular formula is C41H30N4O2S. The zero-order valence-corrected chi connectivity index (χ0v) is 27.4. The Kier molecular flexibility index (Phi) is 7.46. The fraction of sp³-hybridized carbons (Fsp3) is 0.0732. The fourth-order valence-electron chi connectivity index (χ4n) is 6.38. The summed E-state index contributed by atoms with van der Waals surface area (Å²) in [5, 5.41) is 13.9. The molecule has 1 N–H and O–H groups in total. The zero-order chi connectivity index (χ0) is 32.8. The molecule has 0 bridgehead atoms. The van der Waals surface area contributed by atoms with Gasteiger partial charge in [0.15, 0.2) is 17.5 Å². The number of hydrogen-bond donors (Lipinski definition) is 1. The van der Waals surface area contributed by atoms with Crippen LogP contribution in [0.2, 0.25) is 0 Å². The van der Waals surface area contributed by atoms with E-state index in [9.17, 15) is 5.11 Å². The fourth-order valence-corrected chi connectivity index (χ4v) is 7.25. The van der Waals surface area contributed by atoms with Crippen LogP contribution in [-0.4, -0.2) is 25.0 Å². The van der Waals surface area contributed by atoms with Crippen LogP contribution in [0.25, 0.3) is 67.2 Å². The van der Waals surface area contributed by atoms with Crippen molar-refractivity contribution in [3.05, 3.63) is 138 Å². The van der Waals surface area contributed by atoms with Crippen LogP contribution in [0.15, 0.2) is 136 Å². The van der Waals surface area contributed by atoms with Gasteiger partial charge in [0, 0.05) is 38.6 Å². The van der Waals surface area contributed by atoms with E-state index in [1.807, 2.05) is 48.5 Å². The number of para-hydroxylation sites is 3. The predicted molar refractivity (Wildman–Crippen MR) is 193 cm³/mol. The number of fused-ring (bicyclic) bond motifs is 3. The van der Waals surface area contributed by atoms with Crippen molar-refractivity contribution < 1.29 is 9.52 Å². The molecule has 232 valence electrons. The largest absolute Gasteiger partial charge is 0.507 e. The normalized spacial score (nSPS) is 11.4. The summed E-state index contributed by atoms with van der Waals surface area (Å²) >= 11 is 1.57. The van der Waals surface area contributed by atoms with E-state index in [0.717, 1.165) is 65.2 Å². The van der Waals surface area contributed by atoms with E-state index in [1.165, 1.54) is 5.56 Å². The average molecular weight is 643 g/mol. The van der Waals surface area contributed by atoms with Crippen molar-refractivity contribution in [1.82, 2.24) is 19.9 Å². The summed E-state index contributed by atoms with van der Waals surface area (Å²) in [4.78, 5) is 20.6. The molecule has 0 saturated heterocycles. The Hall–Kier alpha value is -5.79. The van der Waals surface area contributed by atoms with Gasteiger partial charge in [-0.25, -0.2) is 19.9 Å². The molecule has 7 heteroatoms. The highest BCUT2D eigenvalue weighted by molar-refractivity contribution is 7.99. The predicted octanol–water partition coefficient (Wildman–Crippen LogP) is 10.6. The van der Waals surface area contributed by atoms with Crippen LogP contribution < -0.4 is 0 Å². The third-order valence-corrected chi connectivity index (χ3v) is 9.34. The monoisotopic (exact) mass is 642 g/mol. The molecule has 0 unspecified atom stereocenters. The molecule has 8 aromatic rings. The summed E-state index contributed by atoms with van der Waals surface area (Å²) in [5.41, 5.74) is 9.21. The number of phenols is 1. The first kappa shape index (κ1) is 29.6. The maximum atomic E-state index is 10.9. The lowest BCUT2D eigenvalue weighted by atomic mass is 9.98. The van der Waals surface area contributed by atoms with Crippen LogP contribution in [-0.2, 0) is 0 Å². The van der Waals surface area contributed by atoms with Crippen LogP contribution in [0.3, 0.4) is 0 Å². The van der Waals surface area contributed by atoms with Crippen molar-refractivity contribution in [3.63, 3.8) is 0 Å². The maximum Gasteiger partial charge on any atom is 0.167 e. The number of rotatable bonds is 6. The topological polar surface area (TPSA) is 84.9 Å². The first-order chi connectivity index (χ1) is 23.4. The minimum atomic E-state index is 0.106. The van der Waals surface area contributed by atoms with Crippen LogP contribution in [0.5, 0.6) is 5.75 Å². The van der Waals surface area contributed by atoms with Gasteiger partial charge in [-0.2, -0.15) is 0 Å². The third kappa shape index (κ3) is 5.48. The lowest BCUT2D eigenvalue weighted by Gasteiger charge is -2.14. The first-order valence-corrected chi connectivity index (χ1v) is 16.5. The summed E-state index contributed by atoms with van der Waals surface area (Å²) in [7, 11) is 0. The van der Waals surface area contributed by atoms with Crippen LogP contribution >= 0.6 is 11.8 Å². The Labute approximate surface area is 282 Å². The van der Waals surface area contributed by atoms with E-state index in [4.69, 9.17) is 19.4 Å². The van der Waals surface area contributed by atoms with Crippen molar-refractivity contribution in [3.8, 4) is 51.0 Å². The number of furan rings is 1. The van der Waals surface area contributed by atoms with E-state index >= 15 is 0 Å². The van der Waals surface area contributed by atoms with E-state index in [-0.39, 0.29) is 5.75 Å². The summed E-state index contributed by atoms with van der Waals surface area (Å²) in [6, 6.07) is 38.0. The SMILES string of the molecule is Cc1cc(C)c(-c2nc(-c3cc(Sc4ccccn4)cc(-c4cccc5c4oc4ccccc45)c3)nc(-c3ccccc3O)n2)c(C)c1. The second-order valence-electron chi connectivity index (χ2n) is 11.9. The second-order valence-corrected chi connectivity index (χ2v) is 13.0. The molecule has 0 fully saturated rings. The molecule has 0 atom stereocenters. The van der Waals surface area contributed by atoms with Crippen molar-refractivity contribution in [2.24, 2.45) is 0 Å². The van der Waals surface area contributed by atoms with Gasteiger partial charge >= 0.3 is 0 Å². The average Bonchev–Trinajstić information content (AvgIpc) is 3.47. The highest BCUT2D eigenvalue weighted by atomic mass is 32.2. The smallest absolute Gasteiger partial charge is 0.167 e. The molecule has 5 aromatic carbocycles. The molecule has 0 aliphatic rings. The number of aromatic nitrogens is 4. The van der Waals surface area contributed by atoms with Crippen molar-refractivity contribution in [1.29, 1.82) is 0 Å². The number of phenolic OH excluding ortho intramolecular Hbond substituents is 1. The summed E-state index contributed by atoms with van der Waals surface area (Å²) in [5.74, 6) is 1.56. The molecule has 0 saturated carbocycles. The molecule has 6 nitrogen and oxygen atoms in total. The van der Waals surface area contributed by atoms with E-state index in [1.54, 1.807) is 30.1 Å². The quantitative estimate of drug-likeness (QED) is 0.193. The van der Waals surface area contributed by atoms with Gasteiger partial charge in [-0.15, -0.1) is 0 Å². The Balaban J connectivity index is 1.38. The van der Waals surface area contributed by atoms with E-state index < -0.39 is 0 Å². The summed E-state index contributed by atoms with van der Waals surface area (Å²) in [6.07, 6.45) is 1.80. The van der Waals surface area contributed by atoms with Crippen molar-refractivity contribution >= 4 is 33.7 Å². The molecule has 48 heavy (non-hydrogen) atoms. The molecule has 0 radical (unpaired) electrons. The minimum absolute atomic E-state index is 0.106. The van der Waals surface area contributed by atoms with Crippen molar-refractivity contribution in [2.75, 3.05) is 0 Å². The van der Waals surface area contributed by atoms with Gasteiger partial charge in [0.1, 0.15) is 21.9 Å². The van der Waals surface area contributed by atoms with Crippen molar-refractivity contribution in [2.45, 2.75) is 30.7 Å². The summed E-state index contributed by atoms with van der Waals surface area (Å²) < 4.78 is 6.46. The number of aromatic hydroxyl groups is 1. The van der Waals surface area contributed by atoms with Crippen LogP contribution in [0.1, 0.15) is 16.7 Å². The molecule has 8 rings (SSSR count). The molecule has 0 aliphatic carbocycles. The number of aryl methyl sites for hydroxylation is 3. The second kappa shape index (κ2) is 12.1. The number of hydrogen-bond acceptors (Lipinski definition) is 7. The molecular weight excluding hydrogens is 613 g/mol. The van der Waals surface area contributed by atoms with Gasteiger partial charge in [0.25, 0.3) is 0 Å². The maximum absolute atomic E-state index is 10.9. The Morgan fingerprint density at radius 2 is 1.29 bits per heavy atom. The van der Waals surface area contributed by atoms with E-state index in [0.29, 0.717) is 23.0 Å². The number of pyridine rings is 1. The first-order valence-electron chi connectivity index (χ1n) is 15.7. The Morgan fingerprint density at radius 1 is 0.604 bits per heavy atom. The number of nitrogens with zero attached hydrogens (tertiary/aromatic N) is 4. The van der Waals surface area contributed by atoms with Crippen LogP contribution in [0.4, 0.5) is 0 Å². The molecule has 0 spiro atoms. The molecule has 3 aromatic heterocycles. The van der Waals surface area contributed by atoms with Gasteiger partial charge in [0.05, 0.1) is 5.56 Å². The Bertz CT molecular complexity index is 2470. The lowest BCUT2D eigenvalue weighted by molar-refractivity contribution is 0.477. The highest BCUT2D eigenvalue weighted by Gasteiger charge is 2.20. The highest BCUT2D eigenvalue weighted by Crippen LogP contribution is 2.40. The van der Waals surface area contributed by atoms with Gasteiger partial charge in [0.2, 0.25) is 0 Å². The number of benzene rings is 5. The third-order valence-electron chi connectivity index (χ3n) is 8.42. The molecule has 0 amide bonds. The Morgan fingerprint density at radius 3 is 2.10 bits per heavy atom. The zero-order valence-electron chi connectivity index (χ0n) is 26.6. The van der Waals surface area contributed by atoms with E-state index in [2.05, 4.69) is 80.4 Å².